The van der Waals surface area contributed by atoms with Crippen molar-refractivity contribution in [3.05, 3.63) is 34.1 Å². The first-order valence-corrected chi connectivity index (χ1v) is 6.41. The normalized spacial score (nSPS) is 14.3. The standard InChI is InChI=1S/C11H10BrClF3NO2/c12-6-1-2-8(14)7(3-6)11(5-18,10(15)16)17-9(19)4-13/h1-3,10,18H,4-5H2,(H,17,19). The van der Waals surface area contributed by atoms with Crippen molar-refractivity contribution in [2.45, 2.75) is 12.0 Å². The van der Waals surface area contributed by atoms with Gasteiger partial charge < -0.3 is 10.4 Å². The van der Waals surface area contributed by atoms with Crippen LogP contribution in [0.5, 0.6) is 0 Å². The van der Waals surface area contributed by atoms with Crippen LogP contribution in [0.2, 0.25) is 0 Å². The molecule has 1 amide bonds. The molecule has 0 aliphatic heterocycles. The van der Waals surface area contributed by atoms with Crippen molar-refractivity contribution in [3.8, 4) is 0 Å². The van der Waals surface area contributed by atoms with Crippen molar-refractivity contribution >= 4 is 33.4 Å². The molecule has 0 fully saturated rings. The lowest BCUT2D eigenvalue weighted by atomic mass is 9.90. The van der Waals surface area contributed by atoms with Crippen molar-refractivity contribution in [2.75, 3.05) is 12.5 Å². The van der Waals surface area contributed by atoms with E-state index in [2.05, 4.69) is 15.9 Å². The third-order valence-corrected chi connectivity index (χ3v) is 3.25. The van der Waals surface area contributed by atoms with Crippen LogP contribution >= 0.6 is 27.5 Å². The second kappa shape index (κ2) is 6.58. The molecule has 0 saturated heterocycles. The van der Waals surface area contributed by atoms with Gasteiger partial charge in [-0.25, -0.2) is 13.2 Å². The molecule has 1 atom stereocenters. The Morgan fingerprint density at radius 3 is 2.63 bits per heavy atom. The molecule has 19 heavy (non-hydrogen) atoms. The van der Waals surface area contributed by atoms with Gasteiger partial charge in [-0.15, -0.1) is 11.6 Å². The van der Waals surface area contributed by atoms with Crippen LogP contribution < -0.4 is 5.32 Å². The predicted molar refractivity (Wildman–Crippen MR) is 67.7 cm³/mol. The summed E-state index contributed by atoms with van der Waals surface area (Å²) in [5.41, 5.74) is -3.04. The fraction of sp³-hybridized carbons (Fsp3) is 0.364. The highest BCUT2D eigenvalue weighted by molar-refractivity contribution is 9.10. The number of carbonyl (C=O) groups is 1. The Hall–Kier alpha value is -0.790. The smallest absolute Gasteiger partial charge is 0.267 e. The van der Waals surface area contributed by atoms with Crippen molar-refractivity contribution < 1.29 is 23.1 Å². The molecule has 0 aliphatic carbocycles. The van der Waals surface area contributed by atoms with Crippen LogP contribution in [0.4, 0.5) is 13.2 Å². The first kappa shape index (κ1) is 16.3. The number of amides is 1. The van der Waals surface area contributed by atoms with Crippen LogP contribution in [-0.2, 0) is 10.3 Å². The molecule has 0 bridgehead atoms. The number of alkyl halides is 3. The fourth-order valence-corrected chi connectivity index (χ4v) is 1.98. The number of halogens is 5. The van der Waals surface area contributed by atoms with Crippen LogP contribution in [0.3, 0.4) is 0 Å². The summed E-state index contributed by atoms with van der Waals surface area (Å²) in [6.45, 7) is -1.17. The van der Waals surface area contributed by atoms with E-state index in [0.29, 0.717) is 4.47 Å². The van der Waals surface area contributed by atoms with E-state index in [4.69, 9.17) is 11.6 Å². The third kappa shape index (κ3) is 3.40. The molecule has 0 aromatic heterocycles. The molecule has 3 nitrogen and oxygen atoms in total. The summed E-state index contributed by atoms with van der Waals surface area (Å²) in [5.74, 6) is -2.48. The third-order valence-electron chi connectivity index (χ3n) is 2.51. The van der Waals surface area contributed by atoms with Crippen LogP contribution in [0, 0.1) is 5.82 Å². The number of nitrogens with one attached hydrogen (secondary N) is 1. The van der Waals surface area contributed by atoms with Crippen LogP contribution in [0.25, 0.3) is 0 Å². The van der Waals surface area contributed by atoms with E-state index in [-0.39, 0.29) is 0 Å². The number of carbonyl (C=O) groups excluding carboxylic acids is 1. The molecule has 1 rings (SSSR count). The van der Waals surface area contributed by atoms with Crippen molar-refractivity contribution in [1.29, 1.82) is 0 Å². The maximum absolute atomic E-state index is 13.7. The van der Waals surface area contributed by atoms with E-state index in [1.165, 1.54) is 6.07 Å². The Morgan fingerprint density at radius 1 is 1.53 bits per heavy atom. The van der Waals surface area contributed by atoms with E-state index in [1.807, 2.05) is 5.32 Å². The molecule has 0 spiro atoms. The Labute approximate surface area is 120 Å². The molecule has 0 aliphatic rings. The largest absolute Gasteiger partial charge is 0.393 e. The van der Waals surface area contributed by atoms with Gasteiger partial charge in [-0.2, -0.15) is 0 Å². The maximum atomic E-state index is 13.7. The molecular formula is C11H10BrClF3NO2. The molecule has 1 aromatic carbocycles. The molecule has 0 radical (unpaired) electrons. The van der Waals surface area contributed by atoms with Gasteiger partial charge >= 0.3 is 0 Å². The molecule has 0 heterocycles. The minimum absolute atomic E-state index is 0.336. The van der Waals surface area contributed by atoms with Crippen LogP contribution in [0.15, 0.2) is 22.7 Å². The van der Waals surface area contributed by atoms with Gasteiger partial charge in [0.1, 0.15) is 11.7 Å². The van der Waals surface area contributed by atoms with Gasteiger partial charge in [0.25, 0.3) is 6.43 Å². The van der Waals surface area contributed by atoms with Crippen molar-refractivity contribution in [2.24, 2.45) is 0 Å². The van der Waals surface area contributed by atoms with Gasteiger partial charge in [-0.3, -0.25) is 4.79 Å². The fourth-order valence-electron chi connectivity index (χ4n) is 1.55. The Bertz CT molecular complexity index is 475. The predicted octanol–water partition coefficient (Wildman–Crippen LogP) is 2.40. The van der Waals surface area contributed by atoms with Gasteiger partial charge in [0.2, 0.25) is 5.91 Å². The summed E-state index contributed by atoms with van der Waals surface area (Å²) in [7, 11) is 0. The van der Waals surface area contributed by atoms with Gasteiger partial charge in [-0.1, -0.05) is 15.9 Å². The van der Waals surface area contributed by atoms with Crippen molar-refractivity contribution in [1.82, 2.24) is 5.32 Å². The summed E-state index contributed by atoms with van der Waals surface area (Å²) in [5, 5.41) is 11.1. The van der Waals surface area contributed by atoms with E-state index in [1.54, 1.807) is 0 Å². The van der Waals surface area contributed by atoms with Crippen LogP contribution in [-0.4, -0.2) is 29.9 Å². The molecule has 0 saturated carbocycles. The minimum atomic E-state index is -3.21. The maximum Gasteiger partial charge on any atom is 0.267 e. The van der Waals surface area contributed by atoms with Crippen molar-refractivity contribution in [3.63, 3.8) is 0 Å². The lowest BCUT2D eigenvalue weighted by Gasteiger charge is -2.32. The number of aliphatic hydroxyl groups is 1. The summed E-state index contributed by atoms with van der Waals surface area (Å²) in [4.78, 5) is 11.2. The molecule has 1 unspecified atom stereocenters. The number of hydrogen-bond donors (Lipinski definition) is 2. The second-order valence-corrected chi connectivity index (χ2v) is 4.92. The van der Waals surface area contributed by atoms with Gasteiger partial charge in [0, 0.05) is 10.0 Å². The van der Waals surface area contributed by atoms with E-state index >= 15 is 0 Å². The second-order valence-electron chi connectivity index (χ2n) is 3.74. The highest BCUT2D eigenvalue weighted by Gasteiger charge is 2.44. The average Bonchev–Trinajstić information content (AvgIpc) is 2.38. The minimum Gasteiger partial charge on any atom is -0.393 e. The lowest BCUT2D eigenvalue weighted by Crippen LogP contribution is -2.54. The first-order chi connectivity index (χ1) is 8.87. The summed E-state index contributed by atoms with van der Waals surface area (Å²) in [6.07, 6.45) is -3.21. The number of aliphatic hydroxyl groups excluding tert-OH is 1. The first-order valence-electron chi connectivity index (χ1n) is 5.09. The number of rotatable bonds is 5. The van der Waals surface area contributed by atoms with E-state index < -0.39 is 41.7 Å². The topological polar surface area (TPSA) is 49.3 Å². The molecule has 8 heteroatoms. The quantitative estimate of drug-likeness (QED) is 0.792. The lowest BCUT2D eigenvalue weighted by molar-refractivity contribution is -0.125. The Morgan fingerprint density at radius 2 is 2.16 bits per heavy atom. The monoisotopic (exact) mass is 359 g/mol. The summed E-state index contributed by atoms with van der Waals surface area (Å²) in [6, 6.07) is 3.35. The highest BCUT2D eigenvalue weighted by atomic mass is 79.9. The highest BCUT2D eigenvalue weighted by Crippen LogP contribution is 2.32. The Kier molecular flexibility index (Phi) is 5.64. The van der Waals surface area contributed by atoms with E-state index in [0.717, 1.165) is 12.1 Å². The van der Waals surface area contributed by atoms with E-state index in [9.17, 15) is 23.1 Å². The Balaban J connectivity index is 3.37. The van der Waals surface area contributed by atoms with Gasteiger partial charge in [0.05, 0.1) is 6.61 Å². The number of hydrogen-bond acceptors (Lipinski definition) is 2. The molecular weight excluding hydrogens is 350 g/mol. The summed E-state index contributed by atoms with van der Waals surface area (Å²) < 4.78 is 40.6. The van der Waals surface area contributed by atoms with Gasteiger partial charge in [0.15, 0.2) is 5.54 Å². The average molecular weight is 361 g/mol. The zero-order valence-electron chi connectivity index (χ0n) is 9.47. The SMILES string of the molecule is O=C(CCl)NC(CO)(c1cc(Br)ccc1F)C(F)F. The number of benzene rings is 1. The molecule has 106 valence electrons. The summed E-state index contributed by atoms with van der Waals surface area (Å²) >= 11 is 8.26. The molecule has 2 N–H and O–H groups in total. The zero-order chi connectivity index (χ0) is 14.6. The van der Waals surface area contributed by atoms with Gasteiger partial charge in [-0.05, 0) is 18.2 Å². The zero-order valence-corrected chi connectivity index (χ0v) is 11.8. The van der Waals surface area contributed by atoms with Crippen LogP contribution in [0.1, 0.15) is 5.56 Å². The molecule has 1 aromatic rings.